The van der Waals surface area contributed by atoms with Crippen LogP contribution in [0.15, 0.2) is 36.7 Å². The lowest BCUT2D eigenvalue weighted by molar-refractivity contribution is -0.118. The van der Waals surface area contributed by atoms with Crippen LogP contribution in [-0.2, 0) is 17.8 Å². The molecule has 1 amide bonds. The molecule has 1 atom stereocenters. The van der Waals surface area contributed by atoms with Crippen LogP contribution in [0.2, 0.25) is 0 Å². The minimum absolute atomic E-state index is 0.0859. The molecular weight excluding hydrogens is 268 g/mol. The number of hydrogen-bond acceptors (Lipinski definition) is 4. The van der Waals surface area contributed by atoms with E-state index in [-0.39, 0.29) is 12.6 Å². The summed E-state index contributed by atoms with van der Waals surface area (Å²) in [4.78, 5) is 10.8. The second kappa shape index (κ2) is 6.78. The van der Waals surface area contributed by atoms with Crippen molar-refractivity contribution in [2.75, 3.05) is 12.4 Å². The van der Waals surface area contributed by atoms with Gasteiger partial charge in [0.05, 0.1) is 19.0 Å². The number of amides is 1. The summed E-state index contributed by atoms with van der Waals surface area (Å²) in [6.07, 6.45) is 4.27. The fourth-order valence-electron chi connectivity index (χ4n) is 2.22. The van der Waals surface area contributed by atoms with Gasteiger partial charge in [-0.2, -0.15) is 5.10 Å². The highest BCUT2D eigenvalue weighted by molar-refractivity contribution is 5.73. The Labute approximate surface area is 123 Å². The van der Waals surface area contributed by atoms with Gasteiger partial charge in [0.15, 0.2) is 0 Å². The highest BCUT2D eigenvalue weighted by Gasteiger charge is 2.09. The molecule has 0 bridgehead atoms. The monoisotopic (exact) mass is 288 g/mol. The van der Waals surface area contributed by atoms with Gasteiger partial charge in [-0.05, 0) is 25.0 Å². The summed E-state index contributed by atoms with van der Waals surface area (Å²) in [6.45, 7) is 2.17. The molecule has 6 nitrogen and oxygen atoms in total. The van der Waals surface area contributed by atoms with Crippen molar-refractivity contribution in [3.63, 3.8) is 0 Å². The number of methoxy groups -OCH3 is 1. The lowest BCUT2D eigenvalue weighted by Gasteiger charge is -2.15. The van der Waals surface area contributed by atoms with Crippen LogP contribution in [0.5, 0.6) is 5.75 Å². The molecule has 0 aliphatic carbocycles. The predicted octanol–water partition coefficient (Wildman–Crippen LogP) is 1.42. The first-order valence-electron chi connectivity index (χ1n) is 6.77. The Hall–Kier alpha value is -2.50. The average molecular weight is 288 g/mol. The van der Waals surface area contributed by atoms with E-state index in [0.29, 0.717) is 0 Å². The lowest BCUT2D eigenvalue weighted by atomic mass is 10.1. The Morgan fingerprint density at radius 1 is 1.48 bits per heavy atom. The fourth-order valence-corrected chi connectivity index (χ4v) is 2.22. The number of carbonyl (C=O) groups is 1. The molecule has 0 fully saturated rings. The summed E-state index contributed by atoms with van der Waals surface area (Å²) in [7, 11) is 1.67. The Morgan fingerprint density at radius 3 is 2.95 bits per heavy atom. The predicted molar refractivity (Wildman–Crippen MR) is 81.2 cm³/mol. The van der Waals surface area contributed by atoms with Crippen molar-refractivity contribution >= 4 is 11.6 Å². The molecule has 0 aliphatic heterocycles. The van der Waals surface area contributed by atoms with Crippen molar-refractivity contribution in [2.45, 2.75) is 25.9 Å². The minimum Gasteiger partial charge on any atom is -0.496 e. The van der Waals surface area contributed by atoms with Gasteiger partial charge in [0, 0.05) is 12.2 Å². The Morgan fingerprint density at radius 2 is 2.24 bits per heavy atom. The molecule has 0 spiro atoms. The summed E-state index contributed by atoms with van der Waals surface area (Å²) in [5, 5.41) is 7.42. The number of nitrogens with zero attached hydrogens (tertiary/aromatic N) is 2. The van der Waals surface area contributed by atoms with E-state index in [4.69, 9.17) is 10.5 Å². The average Bonchev–Trinajstić information content (AvgIpc) is 2.85. The zero-order valence-electron chi connectivity index (χ0n) is 12.2. The molecule has 112 valence electrons. The number of hydrogen-bond donors (Lipinski definition) is 2. The second-order valence-electron chi connectivity index (χ2n) is 4.95. The largest absolute Gasteiger partial charge is 0.496 e. The molecule has 1 unspecified atom stereocenters. The molecule has 21 heavy (non-hydrogen) atoms. The normalized spacial score (nSPS) is 11.9. The van der Waals surface area contributed by atoms with E-state index in [1.165, 1.54) is 4.68 Å². The van der Waals surface area contributed by atoms with Gasteiger partial charge in [-0.1, -0.05) is 18.2 Å². The van der Waals surface area contributed by atoms with Gasteiger partial charge in [0.2, 0.25) is 5.91 Å². The van der Waals surface area contributed by atoms with Crippen molar-refractivity contribution in [3.05, 3.63) is 42.2 Å². The SMILES string of the molecule is COc1ccccc1CC(C)Nc1cnn(CC(N)=O)c1. The zero-order valence-corrected chi connectivity index (χ0v) is 12.2. The number of para-hydroxylation sites is 1. The van der Waals surface area contributed by atoms with E-state index in [9.17, 15) is 4.79 Å². The molecular formula is C15H20N4O2. The third-order valence-electron chi connectivity index (χ3n) is 3.08. The fraction of sp³-hybridized carbons (Fsp3) is 0.333. The van der Waals surface area contributed by atoms with Gasteiger partial charge in [-0.15, -0.1) is 0 Å². The van der Waals surface area contributed by atoms with Crippen molar-refractivity contribution in [1.29, 1.82) is 0 Å². The topological polar surface area (TPSA) is 82.2 Å². The third-order valence-corrected chi connectivity index (χ3v) is 3.08. The number of benzene rings is 1. The first-order chi connectivity index (χ1) is 10.1. The van der Waals surface area contributed by atoms with Crippen LogP contribution in [0, 0.1) is 0 Å². The summed E-state index contributed by atoms with van der Waals surface area (Å²) in [5.74, 6) is 0.474. The van der Waals surface area contributed by atoms with Crippen molar-refractivity contribution in [2.24, 2.45) is 5.73 Å². The van der Waals surface area contributed by atoms with Crippen LogP contribution in [0.4, 0.5) is 5.69 Å². The number of ether oxygens (including phenoxy) is 1. The molecule has 1 heterocycles. The van der Waals surface area contributed by atoms with E-state index >= 15 is 0 Å². The van der Waals surface area contributed by atoms with Gasteiger partial charge in [0.25, 0.3) is 0 Å². The summed E-state index contributed by atoms with van der Waals surface area (Å²) >= 11 is 0. The van der Waals surface area contributed by atoms with Crippen LogP contribution < -0.4 is 15.8 Å². The molecule has 0 aliphatic rings. The van der Waals surface area contributed by atoms with Gasteiger partial charge in [-0.3, -0.25) is 9.48 Å². The summed E-state index contributed by atoms with van der Waals surface area (Å²) < 4.78 is 6.86. The van der Waals surface area contributed by atoms with E-state index in [0.717, 1.165) is 23.4 Å². The number of primary amides is 1. The highest BCUT2D eigenvalue weighted by atomic mass is 16.5. The van der Waals surface area contributed by atoms with Crippen LogP contribution in [0.1, 0.15) is 12.5 Å². The molecule has 2 rings (SSSR count). The van der Waals surface area contributed by atoms with E-state index in [2.05, 4.69) is 17.3 Å². The third kappa shape index (κ3) is 4.24. The quantitative estimate of drug-likeness (QED) is 0.807. The first kappa shape index (κ1) is 14.9. The molecule has 1 aromatic heterocycles. The van der Waals surface area contributed by atoms with Crippen molar-refractivity contribution in [3.8, 4) is 5.75 Å². The highest BCUT2D eigenvalue weighted by Crippen LogP contribution is 2.20. The van der Waals surface area contributed by atoms with E-state index in [1.807, 2.05) is 24.3 Å². The first-order valence-corrected chi connectivity index (χ1v) is 6.77. The van der Waals surface area contributed by atoms with Crippen LogP contribution in [0.3, 0.4) is 0 Å². The number of aromatic nitrogens is 2. The molecule has 0 radical (unpaired) electrons. The maximum Gasteiger partial charge on any atom is 0.239 e. The number of rotatable bonds is 7. The van der Waals surface area contributed by atoms with Crippen molar-refractivity contribution in [1.82, 2.24) is 9.78 Å². The summed E-state index contributed by atoms with van der Waals surface area (Å²) in [6, 6.07) is 8.15. The molecule has 0 saturated heterocycles. The Kier molecular flexibility index (Phi) is 4.81. The van der Waals surface area contributed by atoms with Gasteiger partial charge < -0.3 is 15.8 Å². The Balaban J connectivity index is 1.96. The van der Waals surface area contributed by atoms with Crippen LogP contribution >= 0.6 is 0 Å². The lowest BCUT2D eigenvalue weighted by Crippen LogP contribution is -2.19. The number of nitrogens with one attached hydrogen (secondary N) is 1. The van der Waals surface area contributed by atoms with E-state index < -0.39 is 5.91 Å². The van der Waals surface area contributed by atoms with Crippen LogP contribution in [0.25, 0.3) is 0 Å². The minimum atomic E-state index is -0.410. The van der Waals surface area contributed by atoms with Crippen LogP contribution in [-0.4, -0.2) is 28.8 Å². The summed E-state index contributed by atoms with van der Waals surface area (Å²) in [5.41, 5.74) is 7.14. The van der Waals surface area contributed by atoms with Gasteiger partial charge in [0.1, 0.15) is 12.3 Å². The maximum atomic E-state index is 10.8. The molecule has 2 aromatic rings. The van der Waals surface area contributed by atoms with Gasteiger partial charge in [-0.25, -0.2) is 0 Å². The standard InChI is InChI=1S/C15H20N4O2/c1-11(7-12-5-3-4-6-14(12)21-2)18-13-8-17-19(9-13)10-15(16)20/h3-6,8-9,11,18H,7,10H2,1-2H3,(H2,16,20). The second-order valence-corrected chi connectivity index (χ2v) is 4.95. The van der Waals surface area contributed by atoms with Crippen molar-refractivity contribution < 1.29 is 9.53 Å². The van der Waals surface area contributed by atoms with E-state index in [1.54, 1.807) is 19.5 Å². The number of anilines is 1. The Bertz CT molecular complexity index is 609. The maximum absolute atomic E-state index is 10.8. The molecule has 6 heteroatoms. The smallest absolute Gasteiger partial charge is 0.239 e. The molecule has 3 N–H and O–H groups in total. The zero-order chi connectivity index (χ0) is 15.2. The van der Waals surface area contributed by atoms with Gasteiger partial charge >= 0.3 is 0 Å². The molecule has 1 aromatic carbocycles. The number of carbonyl (C=O) groups excluding carboxylic acids is 1. The number of nitrogens with two attached hydrogens (primary N) is 1. The molecule has 0 saturated carbocycles.